The predicted molar refractivity (Wildman–Crippen MR) is 92.4 cm³/mol. The van der Waals surface area contributed by atoms with Gasteiger partial charge in [0.2, 0.25) is 0 Å². The van der Waals surface area contributed by atoms with Gasteiger partial charge in [0.15, 0.2) is 0 Å². The highest BCUT2D eigenvalue weighted by molar-refractivity contribution is 7.72. The van der Waals surface area contributed by atoms with Crippen LogP contribution in [0.5, 0.6) is 0 Å². The molecule has 0 saturated carbocycles. The van der Waals surface area contributed by atoms with E-state index in [1.807, 2.05) is 0 Å². The number of hydrogen-bond donors (Lipinski definition) is 0. The monoisotopic (exact) mass is 264 g/mol. The van der Waals surface area contributed by atoms with Crippen LogP contribution in [-0.2, 0) is 0 Å². The fourth-order valence-corrected chi connectivity index (χ4v) is 4.06. The van der Waals surface area contributed by atoms with Gasteiger partial charge in [0, 0.05) is 0 Å². The van der Waals surface area contributed by atoms with Gasteiger partial charge >= 0.3 is 0 Å². The van der Waals surface area contributed by atoms with Crippen LogP contribution >= 0.6 is 7.92 Å². The normalized spacial score (nSPS) is 11.8. The molecule has 0 amide bonds. The fourth-order valence-electron chi connectivity index (χ4n) is 2.29. The van der Waals surface area contributed by atoms with Crippen molar-refractivity contribution in [2.45, 2.75) is 0 Å². The molecule has 3 aromatic rings. The smallest absolute Gasteiger partial charge is 0.0622 e. The van der Waals surface area contributed by atoms with Crippen LogP contribution in [-0.4, -0.2) is 15.1 Å². The molecular formula is C17H18BP. The Labute approximate surface area is 117 Å². The summed E-state index contributed by atoms with van der Waals surface area (Å²) < 4.78 is 0. The van der Waals surface area contributed by atoms with Gasteiger partial charge in [0.1, 0.15) is 0 Å². The minimum absolute atomic E-state index is 0. The van der Waals surface area contributed by atoms with Crippen molar-refractivity contribution in [3.05, 3.63) is 72.8 Å². The Kier molecular flexibility index (Phi) is 4.40. The van der Waals surface area contributed by atoms with Crippen molar-refractivity contribution in [3.8, 4) is 0 Å². The molecule has 0 heterocycles. The molecule has 0 aliphatic carbocycles. The third-order valence-corrected chi connectivity index (χ3v) is 5.46. The lowest BCUT2D eigenvalue weighted by Crippen LogP contribution is -2.11. The zero-order valence-electron chi connectivity index (χ0n) is 10.4. The lowest BCUT2D eigenvalue weighted by molar-refractivity contribution is 1.76. The second kappa shape index (κ2) is 6.04. The topological polar surface area (TPSA) is 0 Å². The van der Waals surface area contributed by atoms with Gasteiger partial charge in [-0.15, -0.1) is 0 Å². The van der Waals surface area contributed by atoms with E-state index in [2.05, 4.69) is 79.5 Å². The Morgan fingerprint density at radius 1 is 0.684 bits per heavy atom. The van der Waals surface area contributed by atoms with E-state index in [0.717, 1.165) is 0 Å². The molecule has 0 aliphatic heterocycles. The zero-order valence-corrected chi connectivity index (χ0v) is 11.3. The van der Waals surface area contributed by atoms with Gasteiger partial charge in [-0.2, -0.15) is 0 Å². The van der Waals surface area contributed by atoms with Gasteiger partial charge in [-0.3, -0.25) is 0 Å². The highest BCUT2D eigenvalue weighted by Gasteiger charge is 2.10. The first-order valence-corrected chi connectivity index (χ1v) is 7.92. The first-order chi connectivity index (χ1) is 8.86. The summed E-state index contributed by atoms with van der Waals surface area (Å²) in [6.07, 6.45) is 0. The molecule has 0 radical (unpaired) electrons. The van der Waals surface area contributed by atoms with Gasteiger partial charge < -0.3 is 0 Å². The molecule has 0 spiro atoms. The van der Waals surface area contributed by atoms with Gasteiger partial charge in [-0.25, -0.2) is 0 Å². The molecule has 0 aliphatic rings. The quantitative estimate of drug-likeness (QED) is 0.493. The molecule has 94 valence electrons. The van der Waals surface area contributed by atoms with Gasteiger partial charge in [-0.05, 0) is 36.0 Å². The predicted octanol–water partition coefficient (Wildman–Crippen LogP) is 2.72. The number of hydrogen-bond acceptors (Lipinski definition) is 0. The van der Waals surface area contributed by atoms with Crippen LogP contribution in [0, 0.1) is 0 Å². The SMILES string of the molecule is B.CP(c1ccccc1)c1cccc2ccccc12. The van der Waals surface area contributed by atoms with E-state index in [1.165, 1.54) is 21.4 Å². The van der Waals surface area contributed by atoms with Crippen LogP contribution in [0.2, 0.25) is 0 Å². The van der Waals surface area contributed by atoms with Crippen LogP contribution in [0.1, 0.15) is 0 Å². The molecule has 1 unspecified atom stereocenters. The summed E-state index contributed by atoms with van der Waals surface area (Å²) in [5.41, 5.74) is 0. The van der Waals surface area contributed by atoms with Crippen molar-refractivity contribution in [2.75, 3.05) is 6.66 Å². The molecule has 1 atom stereocenters. The van der Waals surface area contributed by atoms with E-state index < -0.39 is 0 Å². The molecule has 3 aromatic carbocycles. The average Bonchev–Trinajstić information content (AvgIpc) is 2.47. The number of rotatable bonds is 2. The summed E-state index contributed by atoms with van der Waals surface area (Å²) in [6, 6.07) is 26.1. The van der Waals surface area contributed by atoms with Crippen LogP contribution in [0.4, 0.5) is 0 Å². The molecule has 0 nitrogen and oxygen atoms in total. The third kappa shape index (κ3) is 2.72. The molecule has 0 fully saturated rings. The largest absolute Gasteiger partial charge is 0.0814 e. The lowest BCUT2D eigenvalue weighted by Gasteiger charge is -2.15. The average molecular weight is 264 g/mol. The number of benzene rings is 3. The maximum atomic E-state index is 2.34. The Bertz CT molecular complexity index is 659. The maximum Gasteiger partial charge on any atom is 0.0814 e. The summed E-state index contributed by atoms with van der Waals surface area (Å²) in [6.45, 7) is 2.34. The fraction of sp³-hybridized carbons (Fsp3) is 0.0588. The molecule has 0 bridgehead atoms. The molecule has 19 heavy (non-hydrogen) atoms. The molecule has 0 saturated heterocycles. The van der Waals surface area contributed by atoms with Crippen LogP contribution < -0.4 is 10.6 Å². The molecule has 0 N–H and O–H groups in total. The molecule has 0 aromatic heterocycles. The van der Waals surface area contributed by atoms with E-state index >= 15 is 0 Å². The molecule has 2 heteroatoms. The van der Waals surface area contributed by atoms with Crippen LogP contribution in [0.3, 0.4) is 0 Å². The second-order valence-electron chi connectivity index (χ2n) is 4.39. The van der Waals surface area contributed by atoms with Crippen LogP contribution in [0.15, 0.2) is 72.8 Å². The lowest BCUT2D eigenvalue weighted by atomic mass is 10.1. The van der Waals surface area contributed by atoms with E-state index in [-0.39, 0.29) is 16.3 Å². The summed E-state index contributed by atoms with van der Waals surface area (Å²) in [7, 11) is -0.271. The van der Waals surface area contributed by atoms with E-state index in [0.29, 0.717) is 0 Å². The van der Waals surface area contributed by atoms with E-state index in [1.54, 1.807) is 0 Å². The Morgan fingerprint density at radius 2 is 1.32 bits per heavy atom. The summed E-state index contributed by atoms with van der Waals surface area (Å²) in [4.78, 5) is 0. The standard InChI is InChI=1S/C17H15P.BH3/c1-18(15-10-3-2-4-11-15)17-13-7-9-14-8-5-6-12-16(14)17;/h2-13H,1H3;1H3. The van der Waals surface area contributed by atoms with Crippen molar-refractivity contribution in [3.63, 3.8) is 0 Å². The van der Waals surface area contributed by atoms with Crippen molar-refractivity contribution in [1.29, 1.82) is 0 Å². The highest BCUT2D eigenvalue weighted by Crippen LogP contribution is 2.31. The summed E-state index contributed by atoms with van der Waals surface area (Å²) >= 11 is 0. The summed E-state index contributed by atoms with van der Waals surface area (Å²) in [5.74, 6) is 0. The van der Waals surface area contributed by atoms with Gasteiger partial charge in [0.05, 0.1) is 8.41 Å². The molecule has 3 rings (SSSR count). The minimum atomic E-state index is -0.271. The Balaban J connectivity index is 0.00000133. The zero-order chi connectivity index (χ0) is 12.4. The highest BCUT2D eigenvalue weighted by atomic mass is 31.1. The first kappa shape index (κ1) is 13.8. The second-order valence-corrected chi connectivity index (χ2v) is 6.51. The van der Waals surface area contributed by atoms with Gasteiger partial charge in [-0.1, -0.05) is 72.8 Å². The van der Waals surface area contributed by atoms with Gasteiger partial charge in [0.25, 0.3) is 0 Å². The number of fused-ring (bicyclic) bond motifs is 1. The third-order valence-electron chi connectivity index (χ3n) is 3.27. The molecular weight excluding hydrogens is 246 g/mol. The first-order valence-electron chi connectivity index (χ1n) is 6.13. The Hall–Kier alpha value is -1.59. The Morgan fingerprint density at radius 3 is 2.11 bits per heavy atom. The maximum absolute atomic E-state index is 2.34. The van der Waals surface area contributed by atoms with Crippen molar-refractivity contribution < 1.29 is 0 Å². The van der Waals surface area contributed by atoms with Crippen molar-refractivity contribution >= 4 is 37.7 Å². The minimum Gasteiger partial charge on any atom is -0.0622 e. The van der Waals surface area contributed by atoms with Crippen molar-refractivity contribution in [1.82, 2.24) is 0 Å². The van der Waals surface area contributed by atoms with Crippen molar-refractivity contribution in [2.24, 2.45) is 0 Å². The van der Waals surface area contributed by atoms with Crippen LogP contribution in [0.25, 0.3) is 10.8 Å². The van der Waals surface area contributed by atoms with E-state index in [9.17, 15) is 0 Å². The summed E-state index contributed by atoms with van der Waals surface area (Å²) in [5, 5.41) is 5.62. The van der Waals surface area contributed by atoms with E-state index in [4.69, 9.17) is 0 Å².